The van der Waals surface area contributed by atoms with Gasteiger partial charge in [-0.25, -0.2) is 4.98 Å². The van der Waals surface area contributed by atoms with E-state index in [4.69, 9.17) is 9.47 Å². The first-order valence-corrected chi connectivity index (χ1v) is 9.74. The number of ether oxygens (including phenoxy) is 2. The highest BCUT2D eigenvalue weighted by molar-refractivity contribution is 7.15. The zero-order valence-electron chi connectivity index (χ0n) is 15.7. The number of aryl methyl sites for hydroxylation is 1. The number of benzene rings is 2. The molecule has 6 heteroatoms. The Morgan fingerprint density at radius 3 is 2.52 bits per heavy atom. The summed E-state index contributed by atoms with van der Waals surface area (Å²) in [5, 5.41) is 5.08. The minimum Gasteiger partial charge on any atom is -0.490 e. The topological polar surface area (TPSA) is 55.7 Å². The van der Waals surface area contributed by atoms with Crippen LogP contribution < -0.4 is 14.9 Å². The summed E-state index contributed by atoms with van der Waals surface area (Å²) in [4.78, 5) is 5.80. The van der Waals surface area contributed by atoms with Gasteiger partial charge in [-0.2, -0.15) is 5.10 Å². The molecule has 0 aliphatic rings. The lowest BCUT2D eigenvalue weighted by Gasteiger charge is -2.11. The Morgan fingerprint density at radius 2 is 1.78 bits per heavy atom. The van der Waals surface area contributed by atoms with Gasteiger partial charge in [-0.15, -0.1) is 11.3 Å². The van der Waals surface area contributed by atoms with E-state index in [0.717, 1.165) is 38.3 Å². The average molecular weight is 382 g/mol. The van der Waals surface area contributed by atoms with Crippen LogP contribution in [0.2, 0.25) is 0 Å². The predicted octanol–water partition coefficient (Wildman–Crippen LogP) is 5.36. The fourth-order valence-corrected chi connectivity index (χ4v) is 3.40. The molecule has 5 nitrogen and oxygen atoms in total. The van der Waals surface area contributed by atoms with Gasteiger partial charge in [0.15, 0.2) is 11.5 Å². The number of nitrogens with one attached hydrogen (secondary N) is 1. The lowest BCUT2D eigenvalue weighted by Crippen LogP contribution is -1.99. The van der Waals surface area contributed by atoms with Crippen LogP contribution in [-0.2, 0) is 0 Å². The third-order valence-electron chi connectivity index (χ3n) is 3.79. The van der Waals surface area contributed by atoms with E-state index in [9.17, 15) is 0 Å². The van der Waals surface area contributed by atoms with Gasteiger partial charge in [0.25, 0.3) is 0 Å². The van der Waals surface area contributed by atoms with Crippen LogP contribution in [0.5, 0.6) is 11.5 Å². The molecular formula is C21H23N3O2S. The number of thiazole rings is 1. The van der Waals surface area contributed by atoms with Crippen LogP contribution in [0.3, 0.4) is 0 Å². The predicted molar refractivity (Wildman–Crippen MR) is 112 cm³/mol. The van der Waals surface area contributed by atoms with Crippen molar-refractivity contribution in [3.8, 4) is 22.8 Å². The van der Waals surface area contributed by atoms with Gasteiger partial charge >= 0.3 is 0 Å². The highest BCUT2D eigenvalue weighted by Crippen LogP contribution is 2.30. The zero-order chi connectivity index (χ0) is 19.1. The molecule has 0 spiro atoms. The number of anilines is 1. The monoisotopic (exact) mass is 381 g/mol. The van der Waals surface area contributed by atoms with Crippen molar-refractivity contribution in [1.82, 2.24) is 4.98 Å². The normalized spacial score (nSPS) is 10.9. The Morgan fingerprint density at radius 1 is 1.04 bits per heavy atom. The number of hydrazone groups is 1. The molecule has 1 heterocycles. The van der Waals surface area contributed by atoms with E-state index in [0.29, 0.717) is 13.2 Å². The second-order valence-electron chi connectivity index (χ2n) is 5.73. The van der Waals surface area contributed by atoms with Gasteiger partial charge in [0.1, 0.15) is 0 Å². The molecule has 0 radical (unpaired) electrons. The first-order valence-electron chi connectivity index (χ1n) is 8.92. The highest BCUT2D eigenvalue weighted by Gasteiger charge is 2.09. The van der Waals surface area contributed by atoms with Crippen LogP contribution in [0.4, 0.5) is 5.13 Å². The largest absolute Gasteiger partial charge is 0.490 e. The minimum atomic E-state index is 0.583. The molecule has 27 heavy (non-hydrogen) atoms. The van der Waals surface area contributed by atoms with Crippen molar-refractivity contribution in [2.75, 3.05) is 18.6 Å². The Balaban J connectivity index is 1.71. The molecule has 1 aromatic heterocycles. The van der Waals surface area contributed by atoms with Gasteiger partial charge in [0, 0.05) is 10.4 Å². The van der Waals surface area contributed by atoms with Crippen molar-refractivity contribution in [1.29, 1.82) is 0 Å². The van der Waals surface area contributed by atoms with Crippen molar-refractivity contribution in [2.45, 2.75) is 20.8 Å². The van der Waals surface area contributed by atoms with Crippen molar-refractivity contribution in [3.63, 3.8) is 0 Å². The van der Waals surface area contributed by atoms with Crippen molar-refractivity contribution >= 4 is 22.7 Å². The van der Waals surface area contributed by atoms with E-state index >= 15 is 0 Å². The standard InChI is InChI=1S/C21H23N3O2S/c1-4-25-18-12-11-16(13-19(18)26-5-2)14-22-24-21-23-20(15(3)27-21)17-9-7-6-8-10-17/h6-14H,4-5H2,1-3H3,(H,23,24)/b22-14-. The first kappa shape index (κ1) is 18.9. The minimum absolute atomic E-state index is 0.583. The summed E-state index contributed by atoms with van der Waals surface area (Å²) in [6.45, 7) is 7.15. The lowest BCUT2D eigenvalue weighted by molar-refractivity contribution is 0.288. The van der Waals surface area contributed by atoms with Crippen LogP contribution in [0.25, 0.3) is 11.3 Å². The molecule has 3 rings (SSSR count). The van der Waals surface area contributed by atoms with Crippen LogP contribution in [-0.4, -0.2) is 24.4 Å². The van der Waals surface area contributed by atoms with Gasteiger partial charge in [-0.05, 0) is 44.5 Å². The van der Waals surface area contributed by atoms with Crippen molar-refractivity contribution < 1.29 is 9.47 Å². The van der Waals surface area contributed by atoms with E-state index < -0.39 is 0 Å². The quantitative estimate of drug-likeness (QED) is 0.421. The second kappa shape index (κ2) is 9.19. The molecule has 140 valence electrons. The average Bonchev–Trinajstić information content (AvgIpc) is 3.05. The molecule has 0 fully saturated rings. The number of rotatable bonds is 8. The number of aromatic nitrogens is 1. The van der Waals surface area contributed by atoms with Crippen molar-refractivity contribution in [3.05, 3.63) is 59.0 Å². The van der Waals surface area contributed by atoms with E-state index in [1.807, 2.05) is 50.2 Å². The van der Waals surface area contributed by atoms with E-state index in [1.165, 1.54) is 0 Å². The third kappa shape index (κ3) is 4.86. The third-order valence-corrected chi connectivity index (χ3v) is 4.66. The lowest BCUT2D eigenvalue weighted by atomic mass is 10.1. The van der Waals surface area contributed by atoms with Gasteiger partial charge in [-0.1, -0.05) is 30.3 Å². The SMILES string of the molecule is CCOc1ccc(/C=N\Nc2nc(-c3ccccc3)c(C)s2)cc1OCC. The zero-order valence-corrected chi connectivity index (χ0v) is 16.5. The summed E-state index contributed by atoms with van der Waals surface area (Å²) in [7, 11) is 0. The molecule has 0 amide bonds. The fraction of sp³-hybridized carbons (Fsp3) is 0.238. The number of hydrogen-bond donors (Lipinski definition) is 1. The number of hydrogen-bond acceptors (Lipinski definition) is 6. The maximum Gasteiger partial charge on any atom is 0.204 e. The molecule has 1 N–H and O–H groups in total. The van der Waals surface area contributed by atoms with Crippen LogP contribution in [0.15, 0.2) is 53.6 Å². The molecular weight excluding hydrogens is 358 g/mol. The Hall–Kier alpha value is -2.86. The second-order valence-corrected chi connectivity index (χ2v) is 6.94. The number of nitrogens with zero attached hydrogens (tertiary/aromatic N) is 2. The Bertz CT molecular complexity index is 907. The van der Waals surface area contributed by atoms with Gasteiger partial charge in [-0.3, -0.25) is 5.43 Å². The smallest absolute Gasteiger partial charge is 0.204 e. The van der Waals surface area contributed by atoms with E-state index in [1.54, 1.807) is 17.6 Å². The van der Waals surface area contributed by atoms with Gasteiger partial charge in [0.05, 0.1) is 25.1 Å². The Labute approximate surface area is 163 Å². The summed E-state index contributed by atoms with van der Waals surface area (Å²) in [5.41, 5.74) is 6.03. The summed E-state index contributed by atoms with van der Waals surface area (Å²) in [5.74, 6) is 1.47. The molecule has 2 aromatic carbocycles. The maximum atomic E-state index is 5.65. The van der Waals surface area contributed by atoms with E-state index in [-0.39, 0.29) is 0 Å². The first-order chi connectivity index (χ1) is 13.2. The van der Waals surface area contributed by atoms with Crippen LogP contribution in [0.1, 0.15) is 24.3 Å². The van der Waals surface area contributed by atoms with Crippen LogP contribution in [0, 0.1) is 6.92 Å². The van der Waals surface area contributed by atoms with Gasteiger partial charge in [0.2, 0.25) is 5.13 Å². The summed E-state index contributed by atoms with van der Waals surface area (Å²) >= 11 is 1.58. The summed E-state index contributed by atoms with van der Waals surface area (Å²) in [6.07, 6.45) is 1.75. The highest BCUT2D eigenvalue weighted by atomic mass is 32.1. The molecule has 0 aliphatic heterocycles. The molecule has 0 aliphatic carbocycles. The van der Waals surface area contributed by atoms with Crippen LogP contribution >= 0.6 is 11.3 Å². The fourth-order valence-electron chi connectivity index (χ4n) is 2.62. The molecule has 0 atom stereocenters. The molecule has 3 aromatic rings. The Kier molecular flexibility index (Phi) is 6.44. The summed E-state index contributed by atoms with van der Waals surface area (Å²) in [6, 6.07) is 15.9. The summed E-state index contributed by atoms with van der Waals surface area (Å²) < 4.78 is 11.2. The molecule has 0 unspecified atom stereocenters. The molecule has 0 saturated heterocycles. The maximum absolute atomic E-state index is 5.65. The van der Waals surface area contributed by atoms with Crippen molar-refractivity contribution in [2.24, 2.45) is 5.10 Å². The van der Waals surface area contributed by atoms with Gasteiger partial charge < -0.3 is 9.47 Å². The molecule has 0 bridgehead atoms. The van der Waals surface area contributed by atoms with E-state index in [2.05, 4.69) is 34.6 Å². The molecule has 0 saturated carbocycles.